The van der Waals surface area contributed by atoms with E-state index in [-0.39, 0.29) is 0 Å². The summed E-state index contributed by atoms with van der Waals surface area (Å²) in [5.41, 5.74) is 2.95. The van der Waals surface area contributed by atoms with Gasteiger partial charge >= 0.3 is 5.69 Å². The molecule has 0 bridgehead atoms. The number of hydrogen-bond donors (Lipinski definition) is 0. The molecule has 2 aromatic carbocycles. The van der Waals surface area contributed by atoms with Crippen molar-refractivity contribution in [2.24, 2.45) is 0 Å². The quantitative estimate of drug-likeness (QED) is 0.522. The lowest BCUT2D eigenvalue weighted by Gasteiger charge is -2.07. The lowest BCUT2D eigenvalue weighted by Crippen LogP contribution is -2.03. The summed E-state index contributed by atoms with van der Waals surface area (Å²) < 4.78 is 1.91. The van der Waals surface area contributed by atoms with Gasteiger partial charge in [0.2, 0.25) is 5.39 Å². The molecule has 0 radical (unpaired) electrons. The Labute approximate surface area is 126 Å². The number of carbonyl (C=O) groups excluding carboxylic acids is 1. The molecular formula is C16H11ClN3O+. The highest BCUT2D eigenvalue weighted by Crippen LogP contribution is 2.24. The van der Waals surface area contributed by atoms with Crippen LogP contribution >= 0.6 is 11.6 Å². The normalized spacial score (nSPS) is 10.5. The van der Waals surface area contributed by atoms with Crippen molar-refractivity contribution in [2.75, 3.05) is 0 Å². The topological polar surface area (TPSA) is 50.1 Å². The number of carbonyl (C=O) groups is 1. The Balaban J connectivity index is 2.11. The van der Waals surface area contributed by atoms with Crippen molar-refractivity contribution in [1.82, 2.24) is 4.57 Å². The molecule has 3 aromatic rings. The van der Waals surface area contributed by atoms with Crippen LogP contribution in [0, 0.1) is 5.39 Å². The van der Waals surface area contributed by atoms with Gasteiger partial charge in [0.25, 0.3) is 0 Å². The minimum atomic E-state index is 0.486. The molecule has 0 amide bonds. The SMILES string of the molecule is N#[N+]c1cccc(Cn2c(C=O)cc3cc(Cl)ccc32)c1. The molecule has 0 N–H and O–H groups in total. The van der Waals surface area contributed by atoms with Crippen LogP contribution in [0.25, 0.3) is 15.9 Å². The van der Waals surface area contributed by atoms with Crippen molar-refractivity contribution >= 4 is 34.5 Å². The summed E-state index contributed by atoms with van der Waals surface area (Å²) in [6.45, 7) is 0.516. The number of aldehydes is 1. The van der Waals surface area contributed by atoms with Crippen LogP contribution in [0.2, 0.25) is 5.02 Å². The fourth-order valence-corrected chi connectivity index (χ4v) is 2.62. The Morgan fingerprint density at radius 2 is 2.05 bits per heavy atom. The van der Waals surface area contributed by atoms with E-state index in [1.165, 1.54) is 0 Å². The molecule has 1 heterocycles. The molecule has 5 heteroatoms. The summed E-state index contributed by atoms with van der Waals surface area (Å²) in [7, 11) is 0. The molecule has 1 aromatic heterocycles. The minimum absolute atomic E-state index is 0.486. The van der Waals surface area contributed by atoms with E-state index in [1.54, 1.807) is 18.2 Å². The van der Waals surface area contributed by atoms with E-state index < -0.39 is 0 Å². The van der Waals surface area contributed by atoms with Crippen molar-refractivity contribution in [3.05, 3.63) is 69.8 Å². The fraction of sp³-hybridized carbons (Fsp3) is 0.0625. The van der Waals surface area contributed by atoms with Crippen LogP contribution in [-0.4, -0.2) is 10.9 Å². The van der Waals surface area contributed by atoms with Gasteiger partial charge in [-0.05, 0) is 29.8 Å². The second-order valence-electron chi connectivity index (χ2n) is 4.75. The zero-order chi connectivity index (χ0) is 14.8. The van der Waals surface area contributed by atoms with Gasteiger partial charge in [-0.25, -0.2) is 0 Å². The van der Waals surface area contributed by atoms with E-state index in [0.717, 1.165) is 22.8 Å². The first-order valence-corrected chi connectivity index (χ1v) is 6.77. The molecule has 0 spiro atoms. The molecular weight excluding hydrogens is 286 g/mol. The van der Waals surface area contributed by atoms with Gasteiger partial charge in [-0.15, -0.1) is 0 Å². The maximum Gasteiger partial charge on any atom is 0.385 e. The zero-order valence-corrected chi connectivity index (χ0v) is 11.8. The number of fused-ring (bicyclic) bond motifs is 1. The van der Waals surface area contributed by atoms with E-state index in [0.29, 0.717) is 22.9 Å². The number of aromatic nitrogens is 1. The molecule has 4 nitrogen and oxygen atoms in total. The summed E-state index contributed by atoms with van der Waals surface area (Å²) >= 11 is 5.99. The van der Waals surface area contributed by atoms with Gasteiger partial charge < -0.3 is 4.57 Å². The number of diazo groups is 1. The fourth-order valence-electron chi connectivity index (χ4n) is 2.44. The monoisotopic (exact) mass is 296 g/mol. The number of benzene rings is 2. The van der Waals surface area contributed by atoms with Crippen LogP contribution in [-0.2, 0) is 6.54 Å². The van der Waals surface area contributed by atoms with Crippen molar-refractivity contribution in [2.45, 2.75) is 6.54 Å². The highest BCUT2D eigenvalue weighted by Gasteiger charge is 2.11. The molecule has 0 fully saturated rings. The average Bonchev–Trinajstić information content (AvgIpc) is 2.84. The van der Waals surface area contributed by atoms with E-state index in [2.05, 4.69) is 4.98 Å². The summed E-state index contributed by atoms with van der Waals surface area (Å²) in [5, 5.41) is 10.4. The second-order valence-corrected chi connectivity index (χ2v) is 5.18. The van der Waals surface area contributed by atoms with E-state index in [9.17, 15) is 4.79 Å². The molecule has 0 aliphatic heterocycles. The molecule has 0 unspecified atom stereocenters. The van der Waals surface area contributed by atoms with Gasteiger partial charge in [0.15, 0.2) is 11.3 Å². The van der Waals surface area contributed by atoms with Crippen molar-refractivity contribution in [1.29, 1.82) is 5.39 Å². The number of halogens is 1. The van der Waals surface area contributed by atoms with E-state index in [4.69, 9.17) is 17.0 Å². The molecule has 21 heavy (non-hydrogen) atoms. The third-order valence-corrected chi connectivity index (χ3v) is 3.62. The van der Waals surface area contributed by atoms with Gasteiger partial charge in [0.05, 0.1) is 5.69 Å². The van der Waals surface area contributed by atoms with Gasteiger partial charge in [0.1, 0.15) is 0 Å². The first-order chi connectivity index (χ1) is 10.2. The van der Waals surface area contributed by atoms with Crippen LogP contribution < -0.4 is 0 Å². The summed E-state index contributed by atoms with van der Waals surface area (Å²) in [6, 6.07) is 14.6. The maximum absolute atomic E-state index is 11.3. The third-order valence-electron chi connectivity index (χ3n) is 3.38. The molecule has 0 aliphatic carbocycles. The van der Waals surface area contributed by atoms with Crippen molar-refractivity contribution in [3.63, 3.8) is 0 Å². The highest BCUT2D eigenvalue weighted by molar-refractivity contribution is 6.31. The average molecular weight is 297 g/mol. The van der Waals surface area contributed by atoms with E-state index >= 15 is 0 Å². The molecule has 0 atom stereocenters. The summed E-state index contributed by atoms with van der Waals surface area (Å²) in [5.74, 6) is 0. The standard InChI is InChI=1S/C16H11ClN3O/c17-13-4-5-16-12(7-13)8-15(10-21)20(16)9-11-2-1-3-14(6-11)19-18/h1-8,10H,9H2/q+1. The van der Waals surface area contributed by atoms with Crippen LogP contribution in [0.15, 0.2) is 48.5 Å². The smallest absolute Gasteiger partial charge is 0.334 e. The molecule has 3 rings (SSSR count). The first-order valence-electron chi connectivity index (χ1n) is 6.39. The van der Waals surface area contributed by atoms with Crippen LogP contribution in [0.5, 0.6) is 0 Å². The predicted molar refractivity (Wildman–Crippen MR) is 82.6 cm³/mol. The summed E-state index contributed by atoms with van der Waals surface area (Å²) in [4.78, 5) is 14.5. The van der Waals surface area contributed by atoms with Crippen LogP contribution in [0.1, 0.15) is 16.1 Å². The van der Waals surface area contributed by atoms with Gasteiger partial charge in [-0.1, -0.05) is 23.7 Å². The lowest BCUT2D eigenvalue weighted by atomic mass is 10.2. The van der Waals surface area contributed by atoms with Crippen molar-refractivity contribution in [3.8, 4) is 0 Å². The Kier molecular flexibility index (Phi) is 3.43. The van der Waals surface area contributed by atoms with Gasteiger partial charge in [0, 0.05) is 34.6 Å². The van der Waals surface area contributed by atoms with Crippen LogP contribution in [0.3, 0.4) is 0 Å². The van der Waals surface area contributed by atoms with Gasteiger partial charge in [-0.2, -0.15) is 0 Å². The largest absolute Gasteiger partial charge is 0.385 e. The van der Waals surface area contributed by atoms with Crippen LogP contribution in [0.4, 0.5) is 5.69 Å². The molecule has 0 saturated heterocycles. The van der Waals surface area contributed by atoms with Crippen molar-refractivity contribution < 1.29 is 4.79 Å². The number of nitrogens with zero attached hydrogens (tertiary/aromatic N) is 3. The molecule has 102 valence electrons. The Bertz CT molecular complexity index is 877. The maximum atomic E-state index is 11.3. The third kappa shape index (κ3) is 2.51. The number of rotatable bonds is 3. The highest BCUT2D eigenvalue weighted by atomic mass is 35.5. The first kappa shape index (κ1) is 13.3. The Morgan fingerprint density at radius 1 is 1.19 bits per heavy atom. The second kappa shape index (κ2) is 5.39. The lowest BCUT2D eigenvalue weighted by molar-refractivity contribution is 0.111. The zero-order valence-electron chi connectivity index (χ0n) is 11.0. The minimum Gasteiger partial charge on any atom is -0.334 e. The Hall–Kier alpha value is -2.64. The molecule has 0 aliphatic rings. The predicted octanol–water partition coefficient (Wildman–Crippen LogP) is 4.64. The number of hydrogen-bond acceptors (Lipinski definition) is 2. The summed E-state index contributed by atoms with van der Waals surface area (Å²) in [6.07, 6.45) is 0.828. The van der Waals surface area contributed by atoms with Gasteiger partial charge in [-0.3, -0.25) is 4.79 Å². The Morgan fingerprint density at radius 3 is 2.81 bits per heavy atom. The molecule has 0 saturated carbocycles. The van der Waals surface area contributed by atoms with E-state index in [1.807, 2.05) is 34.9 Å².